The lowest BCUT2D eigenvalue weighted by Gasteiger charge is -2.18. The van der Waals surface area contributed by atoms with Gasteiger partial charge in [-0.15, -0.1) is 0 Å². The van der Waals surface area contributed by atoms with Crippen LogP contribution in [-0.2, 0) is 19.6 Å². The number of sulfonamides is 1. The van der Waals surface area contributed by atoms with Gasteiger partial charge in [0.2, 0.25) is 11.8 Å². The zero-order valence-electron chi connectivity index (χ0n) is 16.8. The summed E-state index contributed by atoms with van der Waals surface area (Å²) in [5.41, 5.74) is 0.492. The summed E-state index contributed by atoms with van der Waals surface area (Å²) < 4.78 is 27.3. The lowest BCUT2D eigenvalue weighted by atomic mass is 10.1. The van der Waals surface area contributed by atoms with Gasteiger partial charge in [-0.3, -0.25) is 19.2 Å². The Morgan fingerprint density at radius 2 is 1.90 bits per heavy atom. The fraction of sp³-hybridized carbons (Fsp3) is 0.350. The number of hydrogen-bond donors (Lipinski definition) is 3. The summed E-state index contributed by atoms with van der Waals surface area (Å²) in [7, 11) is -1.94. The highest BCUT2D eigenvalue weighted by Crippen LogP contribution is 2.20. The normalized spacial score (nSPS) is 19.3. The minimum atomic E-state index is -3.78. The van der Waals surface area contributed by atoms with Gasteiger partial charge in [-0.25, -0.2) is 13.4 Å². The summed E-state index contributed by atoms with van der Waals surface area (Å²) in [5.74, 6) is -0.0117. The first-order valence-electron chi connectivity index (χ1n) is 9.63. The average molecular weight is 432 g/mol. The van der Waals surface area contributed by atoms with Gasteiger partial charge in [0.25, 0.3) is 10.0 Å². The van der Waals surface area contributed by atoms with E-state index in [-0.39, 0.29) is 34.6 Å². The van der Waals surface area contributed by atoms with E-state index in [9.17, 15) is 18.0 Å². The van der Waals surface area contributed by atoms with Crippen molar-refractivity contribution in [3.05, 3.63) is 48.7 Å². The predicted molar refractivity (Wildman–Crippen MR) is 113 cm³/mol. The van der Waals surface area contributed by atoms with Crippen LogP contribution in [0.15, 0.2) is 53.6 Å². The Morgan fingerprint density at radius 1 is 1.17 bits per heavy atom. The van der Waals surface area contributed by atoms with Crippen LogP contribution < -0.4 is 15.4 Å². The number of likely N-dealkylation sites (tertiary alicyclic amines) is 1. The van der Waals surface area contributed by atoms with Crippen molar-refractivity contribution in [2.24, 2.45) is 0 Å². The summed E-state index contributed by atoms with van der Waals surface area (Å²) in [4.78, 5) is 30.1. The fourth-order valence-corrected chi connectivity index (χ4v) is 4.31. The summed E-state index contributed by atoms with van der Waals surface area (Å²) in [5, 5.41) is 5.72. The molecule has 1 fully saturated rings. The molecule has 2 unspecified atom stereocenters. The molecular formula is C20H25N5O4S. The van der Waals surface area contributed by atoms with E-state index in [4.69, 9.17) is 0 Å². The summed E-state index contributed by atoms with van der Waals surface area (Å²) in [6.45, 7) is 2.38. The van der Waals surface area contributed by atoms with Crippen LogP contribution in [0.3, 0.4) is 0 Å². The summed E-state index contributed by atoms with van der Waals surface area (Å²) >= 11 is 0. The first-order valence-corrected chi connectivity index (χ1v) is 11.1. The average Bonchev–Trinajstić information content (AvgIpc) is 3.08. The molecule has 3 N–H and O–H groups in total. The van der Waals surface area contributed by atoms with E-state index in [0.29, 0.717) is 25.1 Å². The Bertz CT molecular complexity index is 996. The Hall–Kier alpha value is -2.98. The number of rotatable bonds is 7. The van der Waals surface area contributed by atoms with Crippen LogP contribution in [0.25, 0.3) is 0 Å². The highest BCUT2D eigenvalue weighted by Gasteiger charge is 2.35. The molecule has 0 radical (unpaired) electrons. The van der Waals surface area contributed by atoms with Gasteiger partial charge in [0.15, 0.2) is 0 Å². The van der Waals surface area contributed by atoms with E-state index in [1.54, 1.807) is 25.1 Å². The van der Waals surface area contributed by atoms with Crippen molar-refractivity contribution in [1.29, 1.82) is 0 Å². The second-order valence-corrected chi connectivity index (χ2v) is 8.83. The third-order valence-corrected chi connectivity index (χ3v) is 6.24. The fourth-order valence-electron chi connectivity index (χ4n) is 3.30. The number of carbonyl (C=O) groups is 2. The SMILES string of the molecule is CCC(=O)NC1CC(C(=O)Nc2ccc(S(=O)(=O)Nc3ccccn3)cc2)N(C)C1. The van der Waals surface area contributed by atoms with Crippen LogP contribution in [0.4, 0.5) is 11.5 Å². The molecule has 0 aliphatic carbocycles. The van der Waals surface area contributed by atoms with E-state index in [0.717, 1.165) is 0 Å². The van der Waals surface area contributed by atoms with Crippen LogP contribution in [-0.4, -0.2) is 55.8 Å². The number of pyridine rings is 1. The minimum absolute atomic E-state index is 0.0365. The van der Waals surface area contributed by atoms with Crippen molar-refractivity contribution in [3.63, 3.8) is 0 Å². The number of carbonyl (C=O) groups excluding carboxylic acids is 2. The maximum atomic E-state index is 12.6. The number of amides is 2. The van der Waals surface area contributed by atoms with Crippen molar-refractivity contribution in [2.45, 2.75) is 36.7 Å². The Kier molecular flexibility index (Phi) is 6.68. The molecule has 10 heteroatoms. The molecule has 0 saturated carbocycles. The highest BCUT2D eigenvalue weighted by atomic mass is 32.2. The van der Waals surface area contributed by atoms with Crippen LogP contribution in [0.2, 0.25) is 0 Å². The molecular weight excluding hydrogens is 406 g/mol. The molecule has 2 aromatic rings. The second-order valence-electron chi connectivity index (χ2n) is 7.14. The highest BCUT2D eigenvalue weighted by molar-refractivity contribution is 7.92. The number of benzene rings is 1. The Labute approximate surface area is 175 Å². The number of hydrogen-bond acceptors (Lipinski definition) is 6. The number of nitrogens with one attached hydrogen (secondary N) is 3. The molecule has 1 aromatic heterocycles. The quantitative estimate of drug-likeness (QED) is 0.610. The molecule has 0 spiro atoms. The predicted octanol–water partition coefficient (Wildman–Crippen LogP) is 1.42. The summed E-state index contributed by atoms with van der Waals surface area (Å²) in [6.07, 6.45) is 2.42. The van der Waals surface area contributed by atoms with Crippen molar-refractivity contribution in [2.75, 3.05) is 23.6 Å². The van der Waals surface area contributed by atoms with Crippen molar-refractivity contribution in [1.82, 2.24) is 15.2 Å². The van der Waals surface area contributed by atoms with Crippen LogP contribution >= 0.6 is 0 Å². The molecule has 9 nitrogen and oxygen atoms in total. The molecule has 30 heavy (non-hydrogen) atoms. The van der Waals surface area contributed by atoms with E-state index in [1.165, 1.54) is 30.5 Å². The van der Waals surface area contributed by atoms with E-state index in [1.807, 2.05) is 11.9 Å². The van der Waals surface area contributed by atoms with Gasteiger partial charge in [-0.05, 0) is 49.9 Å². The zero-order valence-corrected chi connectivity index (χ0v) is 17.6. The van der Waals surface area contributed by atoms with E-state index >= 15 is 0 Å². The number of anilines is 2. The third kappa shape index (κ3) is 5.33. The topological polar surface area (TPSA) is 120 Å². The standard InChI is InChI=1S/C20H25N5O4S/c1-3-19(26)22-15-12-17(25(2)13-15)20(27)23-14-7-9-16(10-8-14)30(28,29)24-18-6-4-5-11-21-18/h4-11,15,17H,3,12-13H2,1-2H3,(H,21,24)(H,22,26)(H,23,27). The molecule has 1 saturated heterocycles. The first kappa shape index (κ1) is 21.7. The Balaban J connectivity index is 1.61. The molecule has 3 rings (SSSR count). The van der Waals surface area contributed by atoms with Gasteiger partial charge >= 0.3 is 0 Å². The molecule has 160 valence electrons. The molecule has 2 atom stereocenters. The van der Waals surface area contributed by atoms with Crippen LogP contribution in [0, 0.1) is 0 Å². The minimum Gasteiger partial charge on any atom is -0.352 e. The van der Waals surface area contributed by atoms with Gasteiger partial charge in [0, 0.05) is 30.9 Å². The van der Waals surface area contributed by atoms with Gasteiger partial charge in [-0.2, -0.15) is 0 Å². The maximum Gasteiger partial charge on any atom is 0.263 e. The molecule has 2 heterocycles. The maximum absolute atomic E-state index is 12.6. The lowest BCUT2D eigenvalue weighted by molar-refractivity contribution is -0.122. The number of nitrogens with zero attached hydrogens (tertiary/aromatic N) is 2. The van der Waals surface area contributed by atoms with Crippen LogP contribution in [0.1, 0.15) is 19.8 Å². The molecule has 1 aromatic carbocycles. The van der Waals surface area contributed by atoms with Gasteiger partial charge < -0.3 is 10.6 Å². The molecule has 0 bridgehead atoms. The zero-order chi connectivity index (χ0) is 21.7. The Morgan fingerprint density at radius 3 is 2.53 bits per heavy atom. The van der Waals surface area contributed by atoms with E-state index in [2.05, 4.69) is 20.3 Å². The molecule has 2 amide bonds. The van der Waals surface area contributed by atoms with Gasteiger partial charge in [0.05, 0.1) is 10.9 Å². The number of aromatic nitrogens is 1. The van der Waals surface area contributed by atoms with Crippen LogP contribution in [0.5, 0.6) is 0 Å². The van der Waals surface area contributed by atoms with Gasteiger partial charge in [-0.1, -0.05) is 13.0 Å². The number of likely N-dealkylation sites (N-methyl/N-ethyl adjacent to an activating group) is 1. The molecule has 1 aliphatic heterocycles. The molecule has 1 aliphatic rings. The van der Waals surface area contributed by atoms with Gasteiger partial charge in [0.1, 0.15) is 5.82 Å². The first-order chi connectivity index (χ1) is 14.3. The van der Waals surface area contributed by atoms with Crippen molar-refractivity contribution < 1.29 is 18.0 Å². The third-order valence-electron chi connectivity index (χ3n) is 4.87. The summed E-state index contributed by atoms with van der Waals surface area (Å²) in [6, 6.07) is 10.4. The smallest absolute Gasteiger partial charge is 0.263 e. The van der Waals surface area contributed by atoms with E-state index < -0.39 is 10.0 Å². The van der Waals surface area contributed by atoms with Crippen molar-refractivity contribution >= 4 is 33.3 Å². The largest absolute Gasteiger partial charge is 0.352 e. The monoisotopic (exact) mass is 431 g/mol. The second kappa shape index (κ2) is 9.23. The van der Waals surface area contributed by atoms with Crippen molar-refractivity contribution in [3.8, 4) is 0 Å². The lowest BCUT2D eigenvalue weighted by Crippen LogP contribution is -2.37.